The second kappa shape index (κ2) is 11.1. The molecular weight excluding hydrogens is 354 g/mol. The van der Waals surface area contributed by atoms with E-state index in [-0.39, 0.29) is 18.4 Å². The van der Waals surface area contributed by atoms with Gasteiger partial charge >= 0.3 is 0 Å². The van der Waals surface area contributed by atoms with Crippen LogP contribution in [0.2, 0.25) is 0 Å². The van der Waals surface area contributed by atoms with E-state index in [1.54, 1.807) is 0 Å². The average Bonchev–Trinajstić information content (AvgIpc) is 2.67. The van der Waals surface area contributed by atoms with Crippen LogP contribution in [0, 0.1) is 6.92 Å². The Hall–Kier alpha value is -2.86. The summed E-state index contributed by atoms with van der Waals surface area (Å²) >= 11 is 0. The molecule has 0 aromatic heterocycles. The quantitative estimate of drug-likeness (QED) is 0.588. The van der Waals surface area contributed by atoms with Crippen LogP contribution in [0.15, 0.2) is 48.5 Å². The third kappa shape index (κ3) is 7.40. The fourth-order valence-corrected chi connectivity index (χ4v) is 2.72. The first-order valence-corrected chi connectivity index (χ1v) is 9.59. The monoisotopic (exact) mass is 383 g/mol. The van der Waals surface area contributed by atoms with Gasteiger partial charge in [0.25, 0.3) is 5.91 Å². The summed E-state index contributed by atoms with van der Waals surface area (Å²) < 4.78 is 5.53. The van der Waals surface area contributed by atoms with E-state index in [4.69, 9.17) is 10.5 Å². The van der Waals surface area contributed by atoms with E-state index < -0.39 is 6.04 Å². The lowest BCUT2D eigenvalue weighted by molar-refractivity contribution is -0.122. The van der Waals surface area contributed by atoms with E-state index in [0.29, 0.717) is 25.1 Å². The van der Waals surface area contributed by atoms with E-state index in [0.717, 1.165) is 23.2 Å². The number of aryl methyl sites for hydroxylation is 1. The first-order chi connectivity index (χ1) is 13.5. The second-order valence-corrected chi connectivity index (χ2v) is 6.79. The molecule has 0 spiro atoms. The van der Waals surface area contributed by atoms with Gasteiger partial charge in [-0.2, -0.15) is 0 Å². The number of amides is 2. The Labute approximate surface area is 166 Å². The molecule has 2 aromatic carbocycles. The van der Waals surface area contributed by atoms with Crippen LogP contribution in [0.4, 0.5) is 5.69 Å². The largest absolute Gasteiger partial charge is 0.484 e. The Kier molecular flexibility index (Phi) is 8.49. The number of nitrogens with two attached hydrogens (primary N) is 1. The Morgan fingerprint density at radius 2 is 1.89 bits per heavy atom. The van der Waals surface area contributed by atoms with Gasteiger partial charge in [-0.1, -0.05) is 37.6 Å². The molecule has 6 nitrogen and oxygen atoms in total. The van der Waals surface area contributed by atoms with Gasteiger partial charge in [-0.25, -0.2) is 0 Å². The lowest BCUT2D eigenvalue weighted by Gasteiger charge is -2.11. The van der Waals surface area contributed by atoms with Crippen LogP contribution >= 0.6 is 0 Å². The number of ether oxygens (including phenoxy) is 1. The first kappa shape index (κ1) is 21.4. The summed E-state index contributed by atoms with van der Waals surface area (Å²) in [7, 11) is 0. The molecule has 0 aliphatic carbocycles. The molecule has 0 fully saturated rings. The molecule has 0 saturated heterocycles. The van der Waals surface area contributed by atoms with Crippen LogP contribution < -0.4 is 21.1 Å². The molecule has 0 heterocycles. The molecule has 150 valence electrons. The van der Waals surface area contributed by atoms with Crippen molar-refractivity contribution in [2.45, 2.75) is 39.2 Å². The minimum atomic E-state index is -0.438. The highest BCUT2D eigenvalue weighted by Gasteiger charge is 2.11. The number of hydrogen-bond donors (Lipinski definition) is 3. The van der Waals surface area contributed by atoms with Crippen LogP contribution in [-0.4, -0.2) is 31.0 Å². The van der Waals surface area contributed by atoms with Crippen molar-refractivity contribution in [2.75, 3.05) is 18.5 Å². The number of hydrogen-bond acceptors (Lipinski definition) is 4. The minimum Gasteiger partial charge on any atom is -0.484 e. The molecule has 0 radical (unpaired) electrons. The molecule has 0 aliphatic rings. The topological polar surface area (TPSA) is 93.5 Å². The van der Waals surface area contributed by atoms with Crippen molar-refractivity contribution in [3.05, 3.63) is 59.7 Å². The Morgan fingerprint density at radius 3 is 2.57 bits per heavy atom. The molecule has 0 saturated carbocycles. The third-order valence-electron chi connectivity index (χ3n) is 4.24. The Bertz CT molecular complexity index is 775. The van der Waals surface area contributed by atoms with E-state index in [9.17, 15) is 9.59 Å². The van der Waals surface area contributed by atoms with Crippen molar-refractivity contribution in [1.82, 2.24) is 5.32 Å². The van der Waals surface area contributed by atoms with E-state index in [1.165, 1.54) is 0 Å². The standard InChI is InChI=1S/C22H29N3O3/c1-3-5-20(23)22(27)24-13-12-17-8-10-19(11-9-17)28-15-21(26)25-18-7-4-6-16(2)14-18/h4,6-11,14,20H,3,5,12-13,15,23H2,1-2H3,(H,24,27)(H,25,26). The smallest absolute Gasteiger partial charge is 0.262 e. The van der Waals surface area contributed by atoms with Crippen LogP contribution in [0.1, 0.15) is 30.9 Å². The summed E-state index contributed by atoms with van der Waals surface area (Å²) in [6, 6.07) is 14.7. The number of anilines is 1. The summed E-state index contributed by atoms with van der Waals surface area (Å²) in [5.74, 6) is 0.305. The predicted molar refractivity (Wildman–Crippen MR) is 111 cm³/mol. The maximum Gasteiger partial charge on any atom is 0.262 e. The van der Waals surface area contributed by atoms with Gasteiger partial charge < -0.3 is 21.1 Å². The fraction of sp³-hybridized carbons (Fsp3) is 0.364. The zero-order valence-electron chi connectivity index (χ0n) is 16.5. The van der Waals surface area contributed by atoms with Gasteiger partial charge in [0.2, 0.25) is 5.91 Å². The van der Waals surface area contributed by atoms with Crippen LogP contribution in [0.25, 0.3) is 0 Å². The molecular formula is C22H29N3O3. The van der Waals surface area contributed by atoms with E-state index in [1.807, 2.05) is 62.4 Å². The van der Waals surface area contributed by atoms with Gasteiger partial charge in [0.15, 0.2) is 6.61 Å². The van der Waals surface area contributed by atoms with Gasteiger partial charge in [0.05, 0.1) is 6.04 Å². The average molecular weight is 383 g/mol. The van der Waals surface area contributed by atoms with Crippen LogP contribution in [0.3, 0.4) is 0 Å². The molecule has 0 aliphatic heterocycles. The number of carbonyl (C=O) groups is 2. The summed E-state index contributed by atoms with van der Waals surface area (Å²) in [4.78, 5) is 23.8. The molecule has 1 unspecified atom stereocenters. The summed E-state index contributed by atoms with van der Waals surface area (Å²) in [6.45, 7) is 4.45. The van der Waals surface area contributed by atoms with Crippen LogP contribution in [-0.2, 0) is 16.0 Å². The molecule has 1 atom stereocenters. The highest BCUT2D eigenvalue weighted by Crippen LogP contribution is 2.13. The normalized spacial score (nSPS) is 11.5. The zero-order chi connectivity index (χ0) is 20.4. The lowest BCUT2D eigenvalue weighted by Crippen LogP contribution is -2.41. The van der Waals surface area contributed by atoms with Gasteiger partial charge in [-0.3, -0.25) is 9.59 Å². The highest BCUT2D eigenvalue weighted by molar-refractivity contribution is 5.91. The molecule has 2 rings (SSSR count). The Morgan fingerprint density at radius 1 is 1.14 bits per heavy atom. The van der Waals surface area contributed by atoms with Gasteiger partial charge in [-0.05, 0) is 55.2 Å². The first-order valence-electron chi connectivity index (χ1n) is 9.59. The van der Waals surface area contributed by atoms with E-state index in [2.05, 4.69) is 10.6 Å². The zero-order valence-corrected chi connectivity index (χ0v) is 16.5. The molecule has 4 N–H and O–H groups in total. The summed E-state index contributed by atoms with van der Waals surface area (Å²) in [5, 5.41) is 5.66. The van der Waals surface area contributed by atoms with E-state index >= 15 is 0 Å². The third-order valence-corrected chi connectivity index (χ3v) is 4.24. The predicted octanol–water partition coefficient (Wildman–Crippen LogP) is 2.80. The maximum absolute atomic E-state index is 12.0. The number of benzene rings is 2. The van der Waals surface area contributed by atoms with Crippen molar-refractivity contribution in [2.24, 2.45) is 5.73 Å². The highest BCUT2D eigenvalue weighted by atomic mass is 16.5. The van der Waals surface area contributed by atoms with Crippen molar-refractivity contribution < 1.29 is 14.3 Å². The second-order valence-electron chi connectivity index (χ2n) is 6.79. The van der Waals surface area contributed by atoms with Crippen molar-refractivity contribution in [1.29, 1.82) is 0 Å². The number of rotatable bonds is 10. The Balaban J connectivity index is 1.72. The fourth-order valence-electron chi connectivity index (χ4n) is 2.72. The minimum absolute atomic E-state index is 0.0569. The van der Waals surface area contributed by atoms with Crippen molar-refractivity contribution in [3.8, 4) is 5.75 Å². The molecule has 28 heavy (non-hydrogen) atoms. The number of carbonyl (C=O) groups excluding carboxylic acids is 2. The van der Waals surface area contributed by atoms with Crippen molar-refractivity contribution >= 4 is 17.5 Å². The van der Waals surface area contributed by atoms with Gasteiger partial charge in [0.1, 0.15) is 5.75 Å². The lowest BCUT2D eigenvalue weighted by atomic mass is 10.1. The SMILES string of the molecule is CCCC(N)C(=O)NCCc1ccc(OCC(=O)Nc2cccc(C)c2)cc1. The summed E-state index contributed by atoms with van der Waals surface area (Å²) in [5.41, 5.74) is 8.69. The van der Waals surface area contributed by atoms with Gasteiger partial charge in [-0.15, -0.1) is 0 Å². The molecule has 0 bridgehead atoms. The molecule has 2 aromatic rings. The molecule has 6 heteroatoms. The van der Waals surface area contributed by atoms with Gasteiger partial charge in [0, 0.05) is 12.2 Å². The maximum atomic E-state index is 12.0. The van der Waals surface area contributed by atoms with Crippen LogP contribution in [0.5, 0.6) is 5.75 Å². The number of nitrogens with one attached hydrogen (secondary N) is 2. The summed E-state index contributed by atoms with van der Waals surface area (Å²) in [6.07, 6.45) is 2.28. The van der Waals surface area contributed by atoms with Crippen molar-refractivity contribution in [3.63, 3.8) is 0 Å². The molecule has 2 amide bonds.